The van der Waals surface area contributed by atoms with E-state index in [4.69, 9.17) is 20.0 Å². The number of anilines is 1. The summed E-state index contributed by atoms with van der Waals surface area (Å²) in [6, 6.07) is 7.26. The molecule has 0 aliphatic carbocycles. The second kappa shape index (κ2) is 13.0. The van der Waals surface area contributed by atoms with Crippen LogP contribution in [0.1, 0.15) is 51.1 Å². The van der Waals surface area contributed by atoms with Crippen LogP contribution in [0.15, 0.2) is 70.3 Å². The smallest absolute Gasteiger partial charge is 0.416 e. The quantitative estimate of drug-likeness (QED) is 0.106. The zero-order valence-electron chi connectivity index (χ0n) is 24.3. The number of amides is 2. The number of nitrogens with two attached hydrogens (primary N) is 2. The van der Waals surface area contributed by atoms with Gasteiger partial charge < -0.3 is 20.2 Å². The number of hydrogen-bond donors (Lipinski definition) is 4. The van der Waals surface area contributed by atoms with Crippen molar-refractivity contribution >= 4 is 44.5 Å². The molecule has 250 valence electrons. The number of nitrogens with one attached hydrogen (secondary N) is 2. The van der Waals surface area contributed by atoms with Gasteiger partial charge in [-0.1, -0.05) is 0 Å². The Balaban J connectivity index is 1.66. The summed E-state index contributed by atoms with van der Waals surface area (Å²) in [7, 11) is -4.48. The molecule has 4 rings (SSSR count). The van der Waals surface area contributed by atoms with E-state index in [1.165, 1.54) is 36.6 Å². The molecule has 3 aromatic carbocycles. The second-order valence-electron chi connectivity index (χ2n) is 10.0. The Morgan fingerprint density at radius 3 is 2.09 bits per heavy atom. The Morgan fingerprint density at radius 2 is 1.55 bits per heavy atom. The molecule has 0 aliphatic rings. The zero-order chi connectivity index (χ0) is 34.9. The third-order valence-electron chi connectivity index (χ3n) is 6.54. The van der Waals surface area contributed by atoms with Crippen molar-refractivity contribution in [2.45, 2.75) is 32.2 Å². The fraction of sp³-hybridized carbons (Fsp3) is 0.207. The minimum absolute atomic E-state index is 0.0338. The number of rotatable bonds is 9. The number of hydrogen-bond acceptors (Lipinski definition) is 7. The summed E-state index contributed by atoms with van der Waals surface area (Å²) in [5, 5.41) is 8.46. The molecular formula is C29H25F6N5O6S. The molecule has 0 radical (unpaired) electrons. The highest BCUT2D eigenvalue weighted by Gasteiger charge is 2.37. The lowest BCUT2D eigenvalue weighted by Gasteiger charge is -2.20. The summed E-state index contributed by atoms with van der Waals surface area (Å²) >= 11 is 0. The molecular weight excluding hydrogens is 660 g/mol. The van der Waals surface area contributed by atoms with Crippen molar-refractivity contribution < 1.29 is 53.5 Å². The van der Waals surface area contributed by atoms with E-state index in [1.54, 1.807) is 24.6 Å². The number of carbonyl (C=O) groups excluding carboxylic acids is 2. The van der Waals surface area contributed by atoms with E-state index in [2.05, 4.69) is 10.3 Å². The number of ether oxygens (including phenoxy) is 1. The first-order valence-electron chi connectivity index (χ1n) is 13.3. The molecule has 6 N–H and O–H groups in total. The van der Waals surface area contributed by atoms with Gasteiger partial charge in [-0.3, -0.25) is 9.59 Å². The minimum atomic E-state index is -5.18. The molecule has 47 heavy (non-hydrogen) atoms. The largest absolute Gasteiger partial charge is 0.490 e. The van der Waals surface area contributed by atoms with Gasteiger partial charge in [-0.05, 0) is 79.6 Å². The van der Waals surface area contributed by atoms with E-state index in [-0.39, 0.29) is 47.4 Å². The van der Waals surface area contributed by atoms with Gasteiger partial charge in [0.05, 0.1) is 24.0 Å². The van der Waals surface area contributed by atoms with Crippen molar-refractivity contribution in [2.75, 3.05) is 11.9 Å². The summed E-state index contributed by atoms with van der Waals surface area (Å²) in [5.74, 6) is -2.80. The first kappa shape index (κ1) is 34.8. The van der Waals surface area contributed by atoms with Crippen LogP contribution in [0.5, 0.6) is 5.75 Å². The number of amidine groups is 1. The molecule has 18 heteroatoms. The van der Waals surface area contributed by atoms with Gasteiger partial charge in [0.2, 0.25) is 0 Å². The van der Waals surface area contributed by atoms with Crippen LogP contribution in [0.4, 0.5) is 32.0 Å². The van der Waals surface area contributed by atoms with Gasteiger partial charge in [0.1, 0.15) is 11.9 Å². The number of halogens is 6. The first-order chi connectivity index (χ1) is 21.8. The Kier molecular flexibility index (Phi) is 9.58. The van der Waals surface area contributed by atoms with Gasteiger partial charge in [-0.2, -0.15) is 39.8 Å². The SMILES string of the molecule is CCOc1cc(C(Nc2ccc(C(N)=NC(=O)c3cc(C(F)(F)F)cc(C(F)(F)F)c3)cc2)C(=O)NS(N)(=O)=O)cc2c(C)coc12. The van der Waals surface area contributed by atoms with Crippen LogP contribution in [0.3, 0.4) is 0 Å². The maximum atomic E-state index is 13.2. The van der Waals surface area contributed by atoms with Gasteiger partial charge in [-0.25, -0.2) is 9.86 Å². The maximum absolute atomic E-state index is 13.2. The molecule has 0 bridgehead atoms. The molecule has 11 nitrogen and oxygen atoms in total. The average molecular weight is 686 g/mol. The maximum Gasteiger partial charge on any atom is 0.416 e. The van der Waals surface area contributed by atoms with Crippen LogP contribution in [-0.2, 0) is 27.4 Å². The van der Waals surface area contributed by atoms with Gasteiger partial charge >= 0.3 is 12.4 Å². The minimum Gasteiger partial charge on any atom is -0.490 e. The Bertz CT molecular complexity index is 1940. The fourth-order valence-electron chi connectivity index (χ4n) is 4.40. The molecule has 1 unspecified atom stereocenters. The highest BCUT2D eigenvalue weighted by molar-refractivity contribution is 7.87. The van der Waals surface area contributed by atoms with E-state index >= 15 is 0 Å². The van der Waals surface area contributed by atoms with Crippen LogP contribution in [0.25, 0.3) is 11.0 Å². The molecule has 0 spiro atoms. The van der Waals surface area contributed by atoms with Gasteiger partial charge in [0.15, 0.2) is 11.3 Å². The second-order valence-corrected chi connectivity index (χ2v) is 11.3. The summed E-state index contributed by atoms with van der Waals surface area (Å²) in [4.78, 5) is 29.1. The molecule has 0 fully saturated rings. The van der Waals surface area contributed by atoms with Gasteiger partial charge in [0.25, 0.3) is 22.0 Å². The van der Waals surface area contributed by atoms with Crippen molar-refractivity contribution in [2.24, 2.45) is 15.9 Å². The zero-order valence-corrected chi connectivity index (χ0v) is 25.1. The van der Waals surface area contributed by atoms with Crippen LogP contribution in [0.2, 0.25) is 0 Å². The normalized spacial score (nSPS) is 13.3. The topological polar surface area (TPSA) is 179 Å². The standard InChI is InChI=1S/C29H25F6N5O6S/c1-3-45-22-11-16(10-21-14(2)13-46-24(21)22)23(27(42)40-47(37,43)44)38-20-6-4-15(5-7-20)25(36)39-26(41)17-8-18(28(30,31)32)12-19(9-17)29(33,34)35/h4-13,23,38H,3H2,1-2H3,(H,40,42)(H2,36,39,41)(H2,37,43,44). The molecule has 1 aromatic heterocycles. The number of fused-ring (bicyclic) bond motifs is 1. The lowest BCUT2D eigenvalue weighted by atomic mass is 10.0. The number of benzene rings is 3. The number of aryl methyl sites for hydroxylation is 1. The van der Waals surface area contributed by atoms with Crippen LogP contribution in [-0.4, -0.2) is 32.7 Å². The van der Waals surface area contributed by atoms with Gasteiger partial charge in [0, 0.05) is 22.2 Å². The highest BCUT2D eigenvalue weighted by atomic mass is 32.2. The number of aliphatic imine (C=N–C) groups is 1. The van der Waals surface area contributed by atoms with Crippen molar-refractivity contribution in [1.82, 2.24) is 4.72 Å². The third kappa shape index (κ3) is 8.39. The van der Waals surface area contributed by atoms with Crippen molar-refractivity contribution in [3.8, 4) is 5.75 Å². The number of nitrogens with zero attached hydrogens (tertiary/aromatic N) is 1. The predicted octanol–water partition coefficient (Wildman–Crippen LogP) is 5.20. The molecule has 0 aliphatic heterocycles. The van der Waals surface area contributed by atoms with Crippen molar-refractivity contribution in [1.29, 1.82) is 0 Å². The number of carbonyl (C=O) groups is 2. The average Bonchev–Trinajstić information content (AvgIpc) is 3.34. The molecule has 4 aromatic rings. The fourth-order valence-corrected chi connectivity index (χ4v) is 4.80. The van der Waals surface area contributed by atoms with E-state index in [1.807, 2.05) is 0 Å². The number of furan rings is 1. The van der Waals surface area contributed by atoms with Crippen molar-refractivity contribution in [3.05, 3.63) is 94.2 Å². The lowest BCUT2D eigenvalue weighted by molar-refractivity contribution is -0.143. The Morgan fingerprint density at radius 1 is 0.957 bits per heavy atom. The molecule has 1 atom stereocenters. The molecule has 0 saturated heterocycles. The molecule has 1 heterocycles. The van der Waals surface area contributed by atoms with E-state index < -0.39 is 62.9 Å². The van der Waals surface area contributed by atoms with E-state index in [9.17, 15) is 44.3 Å². The Hall–Kier alpha value is -5.10. The van der Waals surface area contributed by atoms with E-state index in [0.29, 0.717) is 16.5 Å². The lowest BCUT2D eigenvalue weighted by Crippen LogP contribution is -2.41. The molecule has 0 saturated carbocycles. The summed E-state index contributed by atoms with van der Waals surface area (Å²) < 4.78 is 115. The highest BCUT2D eigenvalue weighted by Crippen LogP contribution is 2.37. The van der Waals surface area contributed by atoms with E-state index in [0.717, 1.165) is 0 Å². The van der Waals surface area contributed by atoms with Crippen LogP contribution >= 0.6 is 0 Å². The van der Waals surface area contributed by atoms with Crippen molar-refractivity contribution in [3.63, 3.8) is 0 Å². The molecule has 2 amide bonds. The summed E-state index contributed by atoms with van der Waals surface area (Å²) in [6.45, 7) is 3.71. The van der Waals surface area contributed by atoms with Crippen LogP contribution < -0.4 is 25.6 Å². The third-order valence-corrected chi connectivity index (χ3v) is 7.03. The predicted molar refractivity (Wildman–Crippen MR) is 158 cm³/mol. The monoisotopic (exact) mass is 685 g/mol. The van der Waals surface area contributed by atoms with Crippen LogP contribution in [0, 0.1) is 6.92 Å². The van der Waals surface area contributed by atoms with Gasteiger partial charge in [-0.15, -0.1) is 0 Å². The Labute approximate surface area is 262 Å². The summed E-state index contributed by atoms with van der Waals surface area (Å²) in [6.07, 6.45) is -8.88. The first-order valence-corrected chi connectivity index (χ1v) is 14.9. The summed E-state index contributed by atoms with van der Waals surface area (Å²) in [5.41, 5.74) is 3.03. The number of alkyl halides is 6.